The molecule has 1 atom stereocenters. The molecule has 35 heavy (non-hydrogen) atoms. The number of ketones is 1. The average molecular weight is 475 g/mol. The van der Waals surface area contributed by atoms with Crippen molar-refractivity contribution in [3.8, 4) is 11.1 Å². The summed E-state index contributed by atoms with van der Waals surface area (Å²) < 4.78 is 23.8. The zero-order chi connectivity index (χ0) is 24.5. The predicted octanol–water partition coefficient (Wildman–Crippen LogP) is 3.20. The van der Waals surface area contributed by atoms with Gasteiger partial charge in [-0.25, -0.2) is 18.9 Å². The van der Waals surface area contributed by atoms with E-state index in [2.05, 4.69) is 20.3 Å². The van der Waals surface area contributed by atoms with Gasteiger partial charge in [-0.3, -0.25) is 14.7 Å². The zero-order valence-electron chi connectivity index (χ0n) is 19.1. The number of carbonyl (C=O) groups excluding carboxylic acids is 2. The van der Waals surface area contributed by atoms with E-state index < -0.39 is 18.0 Å². The number of nitrogens with zero attached hydrogens (tertiary/aromatic N) is 7. The molecule has 1 aliphatic rings. The first kappa shape index (κ1) is 22.4. The number of halogens is 1. The number of hydrogen-bond donors (Lipinski definition) is 0. The number of pyridine rings is 1. The third-order valence-corrected chi connectivity index (χ3v) is 5.92. The highest BCUT2D eigenvalue weighted by molar-refractivity contribution is 5.94. The fourth-order valence-corrected chi connectivity index (χ4v) is 4.04. The summed E-state index contributed by atoms with van der Waals surface area (Å²) in [5.41, 5.74) is 2.41. The van der Waals surface area contributed by atoms with Crippen LogP contribution in [-0.4, -0.2) is 54.1 Å². The smallest absolute Gasteiger partial charge is 0.414 e. The molecular formula is C24H22FN7O3. The SMILES string of the molecule is Cc1cnc(C)n1CC(=O)c1ccc(-c2ccc(N3CC(Cn4ccnn4)OC3=O)cc2F)cn1. The summed E-state index contributed by atoms with van der Waals surface area (Å²) in [6, 6.07) is 7.77. The van der Waals surface area contributed by atoms with E-state index in [0.717, 1.165) is 11.5 Å². The maximum Gasteiger partial charge on any atom is 0.414 e. The van der Waals surface area contributed by atoms with Crippen molar-refractivity contribution in [2.75, 3.05) is 11.4 Å². The minimum Gasteiger partial charge on any atom is -0.442 e. The molecule has 10 nitrogen and oxygen atoms in total. The van der Waals surface area contributed by atoms with Gasteiger partial charge in [0.2, 0.25) is 5.78 Å². The Bertz CT molecular complexity index is 1360. The van der Waals surface area contributed by atoms with E-state index in [-0.39, 0.29) is 24.6 Å². The van der Waals surface area contributed by atoms with Gasteiger partial charge in [-0.15, -0.1) is 5.10 Å². The first-order valence-electron chi connectivity index (χ1n) is 11.0. The van der Waals surface area contributed by atoms with E-state index in [1.165, 1.54) is 17.2 Å². The lowest BCUT2D eigenvalue weighted by atomic mass is 10.1. The van der Waals surface area contributed by atoms with Gasteiger partial charge in [0, 0.05) is 35.4 Å². The predicted molar refractivity (Wildman–Crippen MR) is 123 cm³/mol. The van der Waals surface area contributed by atoms with Gasteiger partial charge in [-0.05, 0) is 38.1 Å². The minimum atomic E-state index is -0.546. The Morgan fingerprint density at radius 2 is 2.03 bits per heavy atom. The van der Waals surface area contributed by atoms with E-state index in [4.69, 9.17) is 4.74 Å². The van der Waals surface area contributed by atoms with Crippen molar-refractivity contribution in [2.45, 2.75) is 33.0 Å². The number of imidazole rings is 1. The summed E-state index contributed by atoms with van der Waals surface area (Å²) in [5.74, 6) is 0.0753. The van der Waals surface area contributed by atoms with Crippen molar-refractivity contribution < 1.29 is 18.7 Å². The number of amides is 1. The van der Waals surface area contributed by atoms with Crippen LogP contribution in [0.5, 0.6) is 0 Å². The van der Waals surface area contributed by atoms with Gasteiger partial charge in [-0.1, -0.05) is 11.3 Å². The summed E-state index contributed by atoms with van der Waals surface area (Å²) in [6.45, 7) is 4.49. The summed E-state index contributed by atoms with van der Waals surface area (Å²) in [6.07, 6.45) is 5.44. The van der Waals surface area contributed by atoms with Crippen molar-refractivity contribution in [3.05, 3.63) is 78.1 Å². The van der Waals surface area contributed by atoms with Crippen LogP contribution in [0.25, 0.3) is 11.1 Å². The molecule has 3 aromatic heterocycles. The Kier molecular flexibility index (Phi) is 5.81. The van der Waals surface area contributed by atoms with Crippen LogP contribution in [0, 0.1) is 19.7 Å². The fourth-order valence-electron chi connectivity index (χ4n) is 4.04. The van der Waals surface area contributed by atoms with Gasteiger partial charge >= 0.3 is 6.09 Å². The summed E-state index contributed by atoms with van der Waals surface area (Å²) in [7, 11) is 0. The Labute approximate surface area is 200 Å². The van der Waals surface area contributed by atoms with Gasteiger partial charge in [0.05, 0.1) is 31.5 Å². The second kappa shape index (κ2) is 9.09. The molecule has 0 spiro atoms. The van der Waals surface area contributed by atoms with Crippen LogP contribution in [0.1, 0.15) is 22.0 Å². The van der Waals surface area contributed by atoms with E-state index >= 15 is 4.39 Å². The minimum absolute atomic E-state index is 0.136. The molecule has 11 heteroatoms. The lowest BCUT2D eigenvalue weighted by Crippen LogP contribution is -2.26. The second-order valence-electron chi connectivity index (χ2n) is 8.29. The summed E-state index contributed by atoms with van der Waals surface area (Å²) in [4.78, 5) is 34.8. The first-order chi connectivity index (χ1) is 16.9. The van der Waals surface area contributed by atoms with Crippen molar-refractivity contribution in [1.82, 2.24) is 29.5 Å². The van der Waals surface area contributed by atoms with Crippen molar-refractivity contribution in [1.29, 1.82) is 0 Å². The molecule has 1 aliphatic heterocycles. The monoisotopic (exact) mass is 475 g/mol. The van der Waals surface area contributed by atoms with Crippen molar-refractivity contribution >= 4 is 17.6 Å². The number of carbonyl (C=O) groups is 2. The van der Waals surface area contributed by atoms with Crippen LogP contribution < -0.4 is 4.90 Å². The molecule has 0 aliphatic carbocycles. The van der Waals surface area contributed by atoms with E-state index in [9.17, 15) is 9.59 Å². The molecule has 1 unspecified atom stereocenters. The molecule has 1 aromatic carbocycles. The number of cyclic esters (lactones) is 1. The van der Waals surface area contributed by atoms with Crippen LogP contribution in [0.4, 0.5) is 14.9 Å². The normalized spacial score (nSPS) is 15.5. The molecule has 4 aromatic rings. The number of aryl methyl sites for hydroxylation is 2. The lowest BCUT2D eigenvalue weighted by Gasteiger charge is -2.14. The van der Waals surface area contributed by atoms with E-state index in [1.807, 2.05) is 18.4 Å². The van der Waals surface area contributed by atoms with Crippen LogP contribution >= 0.6 is 0 Å². The number of anilines is 1. The van der Waals surface area contributed by atoms with Gasteiger partial charge in [-0.2, -0.15) is 0 Å². The third kappa shape index (κ3) is 4.52. The Morgan fingerprint density at radius 3 is 2.69 bits per heavy atom. The maximum atomic E-state index is 15.0. The van der Waals surface area contributed by atoms with Crippen LogP contribution in [0.3, 0.4) is 0 Å². The molecule has 0 saturated carbocycles. The van der Waals surface area contributed by atoms with E-state index in [0.29, 0.717) is 23.4 Å². The average Bonchev–Trinajstić information content (AvgIpc) is 3.57. The summed E-state index contributed by atoms with van der Waals surface area (Å²) in [5, 5.41) is 7.60. The molecular weight excluding hydrogens is 453 g/mol. The molecule has 0 bridgehead atoms. The van der Waals surface area contributed by atoms with Crippen molar-refractivity contribution in [3.63, 3.8) is 0 Å². The summed E-state index contributed by atoms with van der Waals surface area (Å²) >= 11 is 0. The highest BCUT2D eigenvalue weighted by atomic mass is 19.1. The van der Waals surface area contributed by atoms with Gasteiger partial charge < -0.3 is 9.30 Å². The van der Waals surface area contributed by atoms with Crippen LogP contribution in [-0.2, 0) is 17.8 Å². The highest BCUT2D eigenvalue weighted by Gasteiger charge is 2.33. The Hall–Kier alpha value is -4.41. The number of ether oxygens (including phenoxy) is 1. The maximum absolute atomic E-state index is 15.0. The fraction of sp³-hybridized carbons (Fsp3) is 0.250. The topological polar surface area (TPSA) is 108 Å². The van der Waals surface area contributed by atoms with Gasteiger partial charge in [0.25, 0.3) is 0 Å². The molecule has 1 amide bonds. The number of hydrogen-bond acceptors (Lipinski definition) is 7. The Balaban J connectivity index is 1.29. The number of benzene rings is 1. The highest BCUT2D eigenvalue weighted by Crippen LogP contribution is 2.29. The van der Waals surface area contributed by atoms with E-state index in [1.54, 1.807) is 47.5 Å². The number of aromatic nitrogens is 6. The van der Waals surface area contributed by atoms with Gasteiger partial charge in [0.15, 0.2) is 0 Å². The lowest BCUT2D eigenvalue weighted by molar-refractivity contribution is 0.0965. The molecule has 4 heterocycles. The molecule has 178 valence electrons. The third-order valence-electron chi connectivity index (χ3n) is 5.92. The van der Waals surface area contributed by atoms with Crippen LogP contribution in [0.15, 0.2) is 55.1 Å². The van der Waals surface area contributed by atoms with Crippen LogP contribution in [0.2, 0.25) is 0 Å². The number of rotatable bonds is 7. The largest absolute Gasteiger partial charge is 0.442 e. The standard InChI is InChI=1S/C24H22FN7O3/c1-15-10-26-16(2)31(15)14-23(33)22-6-3-17(11-27-22)20-5-4-18(9-21(20)25)32-13-19(35-24(32)34)12-30-8-7-28-29-30/h3-11,19H,12-14H2,1-2H3. The van der Waals surface area contributed by atoms with Crippen molar-refractivity contribution in [2.24, 2.45) is 0 Å². The number of Topliss-reactive ketones (excluding diaryl/α,β-unsaturated/α-hetero) is 1. The zero-order valence-corrected chi connectivity index (χ0v) is 19.1. The second-order valence-corrected chi connectivity index (χ2v) is 8.29. The van der Waals surface area contributed by atoms with Gasteiger partial charge in [0.1, 0.15) is 23.4 Å². The first-order valence-corrected chi connectivity index (χ1v) is 11.0. The molecule has 1 fully saturated rings. The Morgan fingerprint density at radius 1 is 1.17 bits per heavy atom. The molecule has 0 N–H and O–H groups in total. The molecule has 5 rings (SSSR count). The molecule has 0 radical (unpaired) electrons. The molecule has 1 saturated heterocycles. The quantitative estimate of drug-likeness (QED) is 0.378.